The molecule has 0 saturated carbocycles. The van der Waals surface area contributed by atoms with E-state index >= 15 is 0 Å². The molecule has 7 heteroatoms. The summed E-state index contributed by atoms with van der Waals surface area (Å²) >= 11 is 0. The van der Waals surface area contributed by atoms with Gasteiger partial charge in [0.25, 0.3) is 0 Å². The van der Waals surface area contributed by atoms with Crippen molar-refractivity contribution < 1.29 is 8.42 Å². The molecule has 3 heterocycles. The molecule has 0 unspecified atom stereocenters. The molecular formula is C21H22N4O2S. The number of sulfonamides is 1. The van der Waals surface area contributed by atoms with E-state index < -0.39 is 10.0 Å². The van der Waals surface area contributed by atoms with Crippen LogP contribution in [0.3, 0.4) is 0 Å². The van der Waals surface area contributed by atoms with Gasteiger partial charge in [-0.25, -0.2) is 8.42 Å². The standard InChI is InChI=1S/C21H22N4O2S/c26-28(27,25-11-8-19-6-3-10-24-21(19)16-25)20-7-1-4-17(12-20)13-23-15-18-5-2-9-22-14-18/h1-7,9-10,12,14,23H,8,11,13,15-16H2. The second-order valence-corrected chi connectivity index (χ2v) is 8.75. The molecule has 6 nitrogen and oxygen atoms in total. The third-order valence-electron chi connectivity index (χ3n) is 4.86. The monoisotopic (exact) mass is 394 g/mol. The Hall–Kier alpha value is -2.61. The molecule has 0 saturated heterocycles. The Bertz CT molecular complexity index is 1050. The van der Waals surface area contributed by atoms with Crippen LogP contribution in [0.5, 0.6) is 0 Å². The molecule has 1 aliphatic heterocycles. The van der Waals surface area contributed by atoms with E-state index in [1.807, 2.05) is 36.5 Å². The van der Waals surface area contributed by atoms with Crippen molar-refractivity contribution in [3.63, 3.8) is 0 Å². The van der Waals surface area contributed by atoms with Crippen LogP contribution in [-0.4, -0.2) is 29.2 Å². The summed E-state index contributed by atoms with van der Waals surface area (Å²) in [5, 5.41) is 3.33. The molecule has 1 N–H and O–H groups in total. The summed E-state index contributed by atoms with van der Waals surface area (Å²) in [5.41, 5.74) is 3.99. The van der Waals surface area contributed by atoms with Crippen LogP contribution in [-0.2, 0) is 36.1 Å². The second-order valence-electron chi connectivity index (χ2n) is 6.81. The SMILES string of the molecule is O=S(=O)(c1cccc(CNCc2cccnc2)c1)N1CCc2cccnc2C1. The van der Waals surface area contributed by atoms with Gasteiger partial charge in [0.15, 0.2) is 0 Å². The number of nitrogens with zero attached hydrogens (tertiary/aromatic N) is 3. The van der Waals surface area contributed by atoms with Gasteiger partial charge in [0.05, 0.1) is 17.1 Å². The Morgan fingerprint density at radius 2 is 1.82 bits per heavy atom. The number of fused-ring (bicyclic) bond motifs is 1. The topological polar surface area (TPSA) is 75.2 Å². The highest BCUT2D eigenvalue weighted by atomic mass is 32.2. The fourth-order valence-electron chi connectivity index (χ4n) is 3.36. The molecule has 0 spiro atoms. The van der Waals surface area contributed by atoms with Gasteiger partial charge in [-0.1, -0.05) is 24.3 Å². The average Bonchev–Trinajstić information content (AvgIpc) is 2.74. The maximum absolute atomic E-state index is 13.1. The van der Waals surface area contributed by atoms with Gasteiger partial charge in [-0.2, -0.15) is 4.31 Å². The van der Waals surface area contributed by atoms with Crippen LogP contribution in [0.25, 0.3) is 0 Å². The summed E-state index contributed by atoms with van der Waals surface area (Å²) in [5.74, 6) is 0. The average molecular weight is 395 g/mol. The van der Waals surface area contributed by atoms with Gasteiger partial charge in [0, 0.05) is 38.2 Å². The molecular weight excluding hydrogens is 372 g/mol. The summed E-state index contributed by atoms with van der Waals surface area (Å²) in [6.07, 6.45) is 5.96. The summed E-state index contributed by atoms with van der Waals surface area (Å²) < 4.78 is 27.7. The lowest BCUT2D eigenvalue weighted by atomic mass is 10.1. The Labute approximate surface area is 165 Å². The van der Waals surface area contributed by atoms with Crippen LogP contribution in [0.4, 0.5) is 0 Å². The van der Waals surface area contributed by atoms with E-state index in [0.717, 1.165) is 22.4 Å². The normalized spacial score (nSPS) is 14.6. The van der Waals surface area contributed by atoms with Crippen molar-refractivity contribution in [2.24, 2.45) is 0 Å². The predicted molar refractivity (Wildman–Crippen MR) is 107 cm³/mol. The van der Waals surface area contributed by atoms with Gasteiger partial charge in [-0.05, 0) is 47.4 Å². The van der Waals surface area contributed by atoms with Crippen molar-refractivity contribution in [3.05, 3.63) is 89.5 Å². The maximum Gasteiger partial charge on any atom is 0.243 e. The fourth-order valence-corrected chi connectivity index (χ4v) is 4.83. The van der Waals surface area contributed by atoms with Crippen LogP contribution in [0.2, 0.25) is 0 Å². The smallest absolute Gasteiger partial charge is 0.243 e. The molecule has 3 aromatic rings. The first kappa shape index (κ1) is 18.7. The lowest BCUT2D eigenvalue weighted by molar-refractivity contribution is 0.385. The highest BCUT2D eigenvalue weighted by molar-refractivity contribution is 7.89. The number of rotatable bonds is 6. The Balaban J connectivity index is 1.46. The lowest BCUT2D eigenvalue weighted by Crippen LogP contribution is -2.36. The minimum atomic E-state index is -3.55. The van der Waals surface area contributed by atoms with E-state index in [9.17, 15) is 8.42 Å². The van der Waals surface area contributed by atoms with Crippen molar-refractivity contribution in [1.29, 1.82) is 0 Å². The molecule has 4 rings (SSSR count). The van der Waals surface area contributed by atoms with E-state index in [1.54, 1.807) is 30.6 Å². The zero-order chi connectivity index (χ0) is 19.4. The van der Waals surface area contributed by atoms with Gasteiger partial charge < -0.3 is 5.32 Å². The van der Waals surface area contributed by atoms with Gasteiger partial charge in [-0.15, -0.1) is 0 Å². The largest absolute Gasteiger partial charge is 0.309 e. The maximum atomic E-state index is 13.1. The Morgan fingerprint density at radius 3 is 2.68 bits per heavy atom. The summed E-state index contributed by atoms with van der Waals surface area (Å²) in [7, 11) is -3.55. The molecule has 1 aliphatic rings. The number of hydrogen-bond acceptors (Lipinski definition) is 5. The minimum absolute atomic E-state index is 0.321. The number of aromatic nitrogens is 2. The fraction of sp³-hybridized carbons (Fsp3) is 0.238. The zero-order valence-corrected chi connectivity index (χ0v) is 16.3. The summed E-state index contributed by atoms with van der Waals surface area (Å²) in [4.78, 5) is 8.76. The molecule has 0 aliphatic carbocycles. The quantitative estimate of drug-likeness (QED) is 0.695. The molecule has 1 aromatic carbocycles. The predicted octanol–water partition coefficient (Wildman–Crippen LogP) is 2.51. The van der Waals surface area contributed by atoms with E-state index in [0.29, 0.717) is 37.5 Å². The Morgan fingerprint density at radius 1 is 1.00 bits per heavy atom. The summed E-state index contributed by atoms with van der Waals surface area (Å²) in [6, 6.07) is 14.9. The molecule has 2 aromatic heterocycles. The molecule has 0 atom stereocenters. The molecule has 28 heavy (non-hydrogen) atoms. The number of nitrogens with one attached hydrogen (secondary N) is 1. The van der Waals surface area contributed by atoms with Gasteiger partial charge >= 0.3 is 0 Å². The number of hydrogen-bond donors (Lipinski definition) is 1. The molecule has 0 radical (unpaired) electrons. The van der Waals surface area contributed by atoms with Crippen LogP contribution in [0.1, 0.15) is 22.4 Å². The minimum Gasteiger partial charge on any atom is -0.309 e. The molecule has 144 valence electrons. The van der Waals surface area contributed by atoms with Crippen LogP contribution >= 0.6 is 0 Å². The van der Waals surface area contributed by atoms with Crippen molar-refractivity contribution in [3.8, 4) is 0 Å². The number of benzene rings is 1. The molecule has 0 bridgehead atoms. The third-order valence-corrected chi connectivity index (χ3v) is 6.70. The first-order valence-corrected chi connectivity index (χ1v) is 10.7. The molecule has 0 amide bonds. The Kier molecular flexibility index (Phi) is 5.47. The van der Waals surface area contributed by atoms with Crippen molar-refractivity contribution in [2.75, 3.05) is 6.54 Å². The van der Waals surface area contributed by atoms with Crippen LogP contribution in [0, 0.1) is 0 Å². The van der Waals surface area contributed by atoms with Gasteiger partial charge in [0.1, 0.15) is 0 Å². The summed E-state index contributed by atoms with van der Waals surface area (Å²) in [6.45, 7) is 2.06. The van der Waals surface area contributed by atoms with Crippen LogP contribution < -0.4 is 5.32 Å². The van der Waals surface area contributed by atoms with E-state index in [-0.39, 0.29) is 0 Å². The van der Waals surface area contributed by atoms with Gasteiger partial charge in [-0.3, -0.25) is 9.97 Å². The van der Waals surface area contributed by atoms with E-state index in [1.165, 1.54) is 4.31 Å². The second kappa shape index (κ2) is 8.18. The number of pyridine rings is 2. The van der Waals surface area contributed by atoms with Crippen molar-refractivity contribution in [2.45, 2.75) is 31.0 Å². The highest BCUT2D eigenvalue weighted by Crippen LogP contribution is 2.24. The van der Waals surface area contributed by atoms with Crippen molar-refractivity contribution in [1.82, 2.24) is 19.6 Å². The van der Waals surface area contributed by atoms with E-state index in [2.05, 4.69) is 15.3 Å². The van der Waals surface area contributed by atoms with Crippen LogP contribution in [0.15, 0.2) is 72.0 Å². The zero-order valence-electron chi connectivity index (χ0n) is 15.5. The van der Waals surface area contributed by atoms with Gasteiger partial charge in [0.2, 0.25) is 10.0 Å². The van der Waals surface area contributed by atoms with E-state index in [4.69, 9.17) is 0 Å². The first-order valence-electron chi connectivity index (χ1n) is 9.24. The van der Waals surface area contributed by atoms with Crippen molar-refractivity contribution >= 4 is 10.0 Å². The third kappa shape index (κ3) is 4.11. The first-order chi connectivity index (χ1) is 13.6. The molecule has 0 fully saturated rings. The highest BCUT2D eigenvalue weighted by Gasteiger charge is 2.28. The lowest BCUT2D eigenvalue weighted by Gasteiger charge is -2.27.